The maximum absolute atomic E-state index is 10.0. The van der Waals surface area contributed by atoms with Crippen LogP contribution < -0.4 is 9.47 Å². The Labute approximate surface area is 200 Å². The Kier molecular flexibility index (Phi) is 6.20. The Morgan fingerprint density at radius 2 is 1.71 bits per heavy atom. The van der Waals surface area contributed by atoms with Gasteiger partial charge in [0.25, 0.3) is 0 Å². The molecule has 2 aliphatic heterocycles. The fourth-order valence-electron chi connectivity index (χ4n) is 5.03. The van der Waals surface area contributed by atoms with E-state index >= 15 is 0 Å². The molecule has 1 fully saturated rings. The molecule has 0 amide bonds. The molecule has 2 atom stereocenters. The summed E-state index contributed by atoms with van der Waals surface area (Å²) in [4.78, 5) is 2.48. The van der Waals surface area contributed by atoms with Crippen LogP contribution in [0, 0.1) is 0 Å². The van der Waals surface area contributed by atoms with E-state index in [1.807, 2.05) is 42.5 Å². The smallest absolute Gasteiger partial charge is 0.150 e. The van der Waals surface area contributed by atoms with Crippen molar-refractivity contribution in [3.63, 3.8) is 0 Å². The van der Waals surface area contributed by atoms with Crippen LogP contribution in [-0.4, -0.2) is 40.9 Å². The second kappa shape index (κ2) is 9.43. The molecule has 1 saturated heterocycles. The van der Waals surface area contributed by atoms with Gasteiger partial charge in [0.2, 0.25) is 0 Å². The standard InChI is InChI=1S/C29H31NO4/c1-19-4-3-15-30(19)16-17-33-25-12-7-22(8-13-25)29-28(21-5-9-23(31)10-6-21)20(2)26-14-11-24(32)18-27(26)34-29/h5-14,18-19,29,31-32H,3-4,15-17H2,1-2H3/t19-,29?/m0/s1. The van der Waals surface area contributed by atoms with Crippen LogP contribution >= 0.6 is 0 Å². The zero-order valence-corrected chi connectivity index (χ0v) is 19.7. The number of rotatable bonds is 6. The van der Waals surface area contributed by atoms with Gasteiger partial charge in [-0.1, -0.05) is 24.3 Å². The zero-order chi connectivity index (χ0) is 23.7. The molecule has 5 heteroatoms. The summed E-state index contributed by atoms with van der Waals surface area (Å²) < 4.78 is 12.5. The molecule has 5 nitrogen and oxygen atoms in total. The van der Waals surface area contributed by atoms with Crippen molar-refractivity contribution in [3.8, 4) is 23.0 Å². The van der Waals surface area contributed by atoms with Gasteiger partial charge >= 0.3 is 0 Å². The van der Waals surface area contributed by atoms with Gasteiger partial charge in [-0.3, -0.25) is 4.90 Å². The van der Waals surface area contributed by atoms with Crippen LogP contribution in [0.3, 0.4) is 0 Å². The van der Waals surface area contributed by atoms with Crippen LogP contribution in [0.2, 0.25) is 0 Å². The Bertz CT molecular complexity index is 1180. The molecule has 0 aliphatic carbocycles. The van der Waals surface area contributed by atoms with Crippen LogP contribution in [0.1, 0.15) is 49.5 Å². The van der Waals surface area contributed by atoms with E-state index in [0.29, 0.717) is 18.4 Å². The number of benzene rings is 3. The average Bonchev–Trinajstić information content (AvgIpc) is 3.24. The highest BCUT2D eigenvalue weighted by atomic mass is 16.5. The minimum Gasteiger partial charge on any atom is -0.508 e. The van der Waals surface area contributed by atoms with Crippen molar-refractivity contribution in [1.82, 2.24) is 4.90 Å². The summed E-state index contributed by atoms with van der Waals surface area (Å²) in [5, 5.41) is 19.8. The number of ether oxygens (including phenoxy) is 2. The molecule has 176 valence electrons. The van der Waals surface area contributed by atoms with Crippen LogP contribution in [-0.2, 0) is 0 Å². The van der Waals surface area contributed by atoms with Crippen molar-refractivity contribution < 1.29 is 19.7 Å². The molecule has 2 heterocycles. The molecular formula is C29H31NO4. The summed E-state index contributed by atoms with van der Waals surface area (Å²) in [5.41, 5.74) is 5.05. The zero-order valence-electron chi connectivity index (χ0n) is 19.7. The lowest BCUT2D eigenvalue weighted by Crippen LogP contribution is -2.31. The predicted molar refractivity (Wildman–Crippen MR) is 134 cm³/mol. The van der Waals surface area contributed by atoms with Gasteiger partial charge < -0.3 is 19.7 Å². The molecule has 0 saturated carbocycles. The maximum Gasteiger partial charge on any atom is 0.150 e. The quantitative estimate of drug-likeness (QED) is 0.474. The van der Waals surface area contributed by atoms with Gasteiger partial charge in [0.05, 0.1) is 0 Å². The molecular weight excluding hydrogens is 426 g/mol. The van der Waals surface area contributed by atoms with Crippen molar-refractivity contribution in [2.24, 2.45) is 0 Å². The van der Waals surface area contributed by atoms with Gasteiger partial charge in [-0.25, -0.2) is 0 Å². The minimum atomic E-state index is -0.349. The molecule has 3 aromatic rings. The van der Waals surface area contributed by atoms with E-state index in [9.17, 15) is 10.2 Å². The highest BCUT2D eigenvalue weighted by Gasteiger charge is 2.29. The normalized spacial score (nSPS) is 20.2. The number of likely N-dealkylation sites (tertiary alicyclic amines) is 1. The van der Waals surface area contributed by atoms with E-state index in [4.69, 9.17) is 9.47 Å². The fraction of sp³-hybridized carbons (Fsp3) is 0.310. The van der Waals surface area contributed by atoms with Crippen LogP contribution in [0.15, 0.2) is 66.7 Å². The first-order valence-electron chi connectivity index (χ1n) is 12.0. The highest BCUT2D eigenvalue weighted by Crippen LogP contribution is 2.47. The summed E-state index contributed by atoms with van der Waals surface area (Å²) >= 11 is 0. The monoisotopic (exact) mass is 457 g/mol. The first kappa shape index (κ1) is 22.4. The summed E-state index contributed by atoms with van der Waals surface area (Å²) in [5.74, 6) is 1.90. The molecule has 1 unspecified atom stereocenters. The van der Waals surface area contributed by atoms with Crippen molar-refractivity contribution in [3.05, 3.63) is 83.4 Å². The lowest BCUT2D eigenvalue weighted by atomic mass is 9.86. The van der Waals surface area contributed by atoms with Crippen molar-refractivity contribution in [1.29, 1.82) is 0 Å². The molecule has 2 aliphatic rings. The van der Waals surface area contributed by atoms with Gasteiger partial charge in [-0.2, -0.15) is 0 Å². The third-order valence-electron chi connectivity index (χ3n) is 6.98. The van der Waals surface area contributed by atoms with Crippen LogP contribution in [0.5, 0.6) is 23.0 Å². The van der Waals surface area contributed by atoms with Gasteiger partial charge in [0.1, 0.15) is 35.7 Å². The number of aromatic hydroxyl groups is 2. The molecule has 0 bridgehead atoms. The predicted octanol–water partition coefficient (Wildman–Crippen LogP) is 6.03. The third kappa shape index (κ3) is 4.48. The summed E-state index contributed by atoms with van der Waals surface area (Å²) in [6.07, 6.45) is 2.19. The van der Waals surface area contributed by atoms with E-state index in [2.05, 4.69) is 18.7 Å². The number of phenols is 2. The molecule has 0 spiro atoms. The van der Waals surface area contributed by atoms with Gasteiger partial charge in [0, 0.05) is 29.8 Å². The summed E-state index contributed by atoms with van der Waals surface area (Å²) in [7, 11) is 0. The first-order valence-corrected chi connectivity index (χ1v) is 12.0. The average molecular weight is 458 g/mol. The first-order chi connectivity index (χ1) is 16.5. The lowest BCUT2D eigenvalue weighted by molar-refractivity contribution is 0.204. The second-order valence-electron chi connectivity index (χ2n) is 9.21. The molecule has 5 rings (SSSR count). The highest BCUT2D eigenvalue weighted by molar-refractivity contribution is 5.95. The fourth-order valence-corrected chi connectivity index (χ4v) is 5.03. The minimum absolute atomic E-state index is 0.175. The number of hydrogen-bond acceptors (Lipinski definition) is 5. The number of nitrogens with zero attached hydrogens (tertiary/aromatic N) is 1. The van der Waals surface area contributed by atoms with Crippen molar-refractivity contribution in [2.45, 2.75) is 38.8 Å². The molecule has 3 aromatic carbocycles. The summed E-state index contributed by atoms with van der Waals surface area (Å²) in [6, 6.07) is 21.1. The van der Waals surface area contributed by atoms with E-state index in [-0.39, 0.29) is 17.6 Å². The van der Waals surface area contributed by atoms with Gasteiger partial charge in [-0.15, -0.1) is 0 Å². The van der Waals surface area contributed by atoms with E-state index in [1.165, 1.54) is 12.8 Å². The lowest BCUT2D eigenvalue weighted by Gasteiger charge is -2.31. The topological polar surface area (TPSA) is 62.2 Å². The van der Waals surface area contributed by atoms with E-state index in [1.54, 1.807) is 24.3 Å². The van der Waals surface area contributed by atoms with Crippen molar-refractivity contribution >= 4 is 11.1 Å². The van der Waals surface area contributed by atoms with E-state index < -0.39 is 0 Å². The summed E-state index contributed by atoms with van der Waals surface area (Å²) in [6.45, 7) is 7.14. The van der Waals surface area contributed by atoms with Crippen LogP contribution in [0.4, 0.5) is 0 Å². The molecule has 0 radical (unpaired) electrons. The maximum atomic E-state index is 10.0. The molecule has 34 heavy (non-hydrogen) atoms. The van der Waals surface area contributed by atoms with Gasteiger partial charge in [0.15, 0.2) is 0 Å². The largest absolute Gasteiger partial charge is 0.508 e. The number of fused-ring (bicyclic) bond motifs is 1. The number of hydrogen-bond donors (Lipinski definition) is 2. The Hall–Kier alpha value is -3.44. The van der Waals surface area contributed by atoms with Gasteiger partial charge in [-0.05, 0) is 86.3 Å². The molecule has 2 N–H and O–H groups in total. The number of allylic oxidation sites excluding steroid dienone is 1. The van der Waals surface area contributed by atoms with E-state index in [0.717, 1.165) is 46.7 Å². The molecule has 0 aromatic heterocycles. The Morgan fingerprint density at radius 1 is 0.971 bits per heavy atom. The SMILES string of the molecule is CC1=C(c2ccc(O)cc2)C(c2ccc(OCCN3CCC[C@@H]3C)cc2)Oc2cc(O)ccc21. The third-order valence-corrected chi connectivity index (χ3v) is 6.98. The Balaban J connectivity index is 1.40. The van der Waals surface area contributed by atoms with Crippen LogP contribution in [0.25, 0.3) is 11.1 Å². The second-order valence-corrected chi connectivity index (χ2v) is 9.21. The Morgan fingerprint density at radius 3 is 2.41 bits per heavy atom. The number of phenolic OH excluding ortho intramolecular Hbond substituents is 2. The van der Waals surface area contributed by atoms with Crippen molar-refractivity contribution in [2.75, 3.05) is 19.7 Å².